The van der Waals surface area contributed by atoms with Gasteiger partial charge in [0.15, 0.2) is 12.2 Å². The summed E-state index contributed by atoms with van der Waals surface area (Å²) in [6.45, 7) is 0.492. The van der Waals surface area contributed by atoms with E-state index in [2.05, 4.69) is 18.2 Å². The van der Waals surface area contributed by atoms with Gasteiger partial charge in [-0.1, -0.05) is 47.6 Å². The van der Waals surface area contributed by atoms with Crippen molar-refractivity contribution in [2.45, 2.75) is 46.9 Å². The van der Waals surface area contributed by atoms with Crippen molar-refractivity contribution in [3.8, 4) is 0 Å². The molecule has 0 aromatic heterocycles. The van der Waals surface area contributed by atoms with Crippen molar-refractivity contribution in [3.63, 3.8) is 0 Å². The van der Waals surface area contributed by atoms with Crippen LogP contribution in [-0.4, -0.2) is 82.2 Å². The van der Waals surface area contributed by atoms with Gasteiger partial charge in [0.2, 0.25) is 6.23 Å². The van der Waals surface area contributed by atoms with Crippen LogP contribution in [0, 0.1) is 0 Å². The molecule has 0 saturated carbocycles. The Balaban J connectivity index is 1.59. The first-order valence-electron chi connectivity index (χ1n) is 10.6. The van der Waals surface area contributed by atoms with E-state index < -0.39 is 36.6 Å². The Kier molecular flexibility index (Phi) is 6.89. The Hall–Kier alpha value is -1.91. The average molecular weight is 493 g/mol. The van der Waals surface area contributed by atoms with Gasteiger partial charge in [-0.2, -0.15) is 0 Å². The average Bonchev–Trinajstić information content (AvgIpc) is 2.77. The second-order valence-corrected chi connectivity index (χ2v) is 10.4. The minimum atomic E-state index is -1.70. The number of aliphatic hydroxyl groups excluding tert-OH is 3. The van der Waals surface area contributed by atoms with Crippen molar-refractivity contribution < 1.29 is 34.4 Å². The minimum absolute atomic E-state index is 0.0946. The zero-order chi connectivity index (χ0) is 23.9. The maximum atomic E-state index is 11.5. The van der Waals surface area contributed by atoms with E-state index in [1.54, 1.807) is 25.9 Å². The van der Waals surface area contributed by atoms with Crippen LogP contribution in [0.25, 0.3) is 5.57 Å². The van der Waals surface area contributed by atoms with Gasteiger partial charge in [-0.15, -0.1) is 0 Å². The monoisotopic (exact) mass is 492 g/mol. The molecule has 4 N–H and O–H groups in total. The Bertz CT molecular complexity index is 1090. The number of carboxylic acid groups (broad SMARTS) is 1. The maximum absolute atomic E-state index is 11.5. The quantitative estimate of drug-likeness (QED) is 0.405. The Morgan fingerprint density at radius 2 is 1.76 bits per heavy atom. The minimum Gasteiger partial charge on any atom is -0.479 e. The lowest BCUT2D eigenvalue weighted by molar-refractivity contribution is -0.944. The number of hydrogen-bond donors (Lipinski definition) is 4. The molecule has 2 aromatic rings. The third kappa shape index (κ3) is 4.70. The number of carbonyl (C=O) groups is 1. The van der Waals surface area contributed by atoms with Crippen molar-refractivity contribution in [2.24, 2.45) is 0 Å². The van der Waals surface area contributed by atoms with Crippen molar-refractivity contribution in [3.05, 3.63) is 64.7 Å². The molecule has 5 unspecified atom stereocenters. The fourth-order valence-electron chi connectivity index (χ4n) is 4.38. The molecular formula is C24H27ClNO6S+. The maximum Gasteiger partial charge on any atom is 0.335 e. The molecular weight excluding hydrogens is 466 g/mol. The van der Waals surface area contributed by atoms with Gasteiger partial charge in [0.05, 0.1) is 20.6 Å². The molecule has 2 aliphatic heterocycles. The number of benzene rings is 2. The van der Waals surface area contributed by atoms with Gasteiger partial charge in [0.25, 0.3) is 0 Å². The fraction of sp³-hybridized carbons (Fsp3) is 0.375. The molecule has 33 heavy (non-hydrogen) atoms. The molecule has 0 bridgehead atoms. The van der Waals surface area contributed by atoms with E-state index in [4.69, 9.17) is 16.3 Å². The Labute approximate surface area is 201 Å². The summed E-state index contributed by atoms with van der Waals surface area (Å²) in [5.74, 6) is -1.38. The van der Waals surface area contributed by atoms with Crippen LogP contribution in [0.15, 0.2) is 58.3 Å². The van der Waals surface area contributed by atoms with Crippen molar-refractivity contribution >= 4 is 34.9 Å². The van der Waals surface area contributed by atoms with Crippen LogP contribution in [0.1, 0.15) is 17.5 Å². The number of fused-ring (bicyclic) bond motifs is 2. The molecule has 0 aliphatic carbocycles. The molecule has 176 valence electrons. The molecule has 0 amide bonds. The number of carboxylic acids is 1. The Morgan fingerprint density at radius 1 is 1.06 bits per heavy atom. The first kappa shape index (κ1) is 24.2. The van der Waals surface area contributed by atoms with Crippen LogP contribution < -0.4 is 0 Å². The lowest BCUT2D eigenvalue weighted by Crippen LogP contribution is -2.68. The summed E-state index contributed by atoms with van der Waals surface area (Å²) in [6, 6.07) is 14.0. The number of ether oxygens (including phenoxy) is 1. The number of nitrogens with zero attached hydrogens (tertiary/aromatic N) is 1. The molecule has 2 aromatic carbocycles. The van der Waals surface area contributed by atoms with Crippen LogP contribution in [-0.2, 0) is 9.53 Å². The van der Waals surface area contributed by atoms with E-state index in [0.29, 0.717) is 18.0 Å². The molecule has 2 aliphatic rings. The number of hydrogen-bond acceptors (Lipinski definition) is 6. The van der Waals surface area contributed by atoms with E-state index in [1.165, 1.54) is 0 Å². The van der Waals surface area contributed by atoms with E-state index in [-0.39, 0.29) is 4.48 Å². The summed E-state index contributed by atoms with van der Waals surface area (Å²) in [7, 11) is 3.59. The van der Waals surface area contributed by atoms with E-state index in [1.807, 2.05) is 30.3 Å². The zero-order valence-electron chi connectivity index (χ0n) is 18.3. The molecule has 2 heterocycles. The highest BCUT2D eigenvalue weighted by Gasteiger charge is 2.52. The van der Waals surface area contributed by atoms with Crippen LogP contribution in [0.5, 0.6) is 0 Å². The predicted molar refractivity (Wildman–Crippen MR) is 125 cm³/mol. The number of rotatable bonds is 5. The smallest absolute Gasteiger partial charge is 0.335 e. The van der Waals surface area contributed by atoms with Crippen molar-refractivity contribution in [1.82, 2.24) is 0 Å². The fourth-order valence-corrected chi connectivity index (χ4v) is 5.63. The highest BCUT2D eigenvalue weighted by molar-refractivity contribution is 7.99. The van der Waals surface area contributed by atoms with Crippen LogP contribution in [0.4, 0.5) is 0 Å². The molecule has 0 radical (unpaired) electrons. The topological polar surface area (TPSA) is 107 Å². The lowest BCUT2D eigenvalue weighted by Gasteiger charge is -2.46. The predicted octanol–water partition coefficient (Wildman–Crippen LogP) is 2.60. The molecule has 5 atom stereocenters. The highest BCUT2D eigenvalue weighted by atomic mass is 35.5. The third-order valence-corrected chi connectivity index (χ3v) is 7.59. The van der Waals surface area contributed by atoms with E-state index >= 15 is 0 Å². The van der Waals surface area contributed by atoms with Gasteiger partial charge in [0, 0.05) is 21.2 Å². The van der Waals surface area contributed by atoms with Crippen molar-refractivity contribution in [2.75, 3.05) is 20.6 Å². The normalized spacial score (nSPS) is 28.3. The van der Waals surface area contributed by atoms with Gasteiger partial charge in [0.1, 0.15) is 12.2 Å². The van der Waals surface area contributed by atoms with Gasteiger partial charge in [-0.25, -0.2) is 4.79 Å². The SMILES string of the molecule is C[N+](C)(CC/C=C1/c2ccccc2Sc2ccc(Cl)cc21)C1OC(C(=O)O)C(O)C(O)C1O. The van der Waals surface area contributed by atoms with Crippen LogP contribution >= 0.6 is 23.4 Å². The van der Waals surface area contributed by atoms with Crippen LogP contribution in [0.3, 0.4) is 0 Å². The van der Waals surface area contributed by atoms with Gasteiger partial charge < -0.3 is 29.6 Å². The van der Waals surface area contributed by atoms with Gasteiger partial charge in [-0.3, -0.25) is 0 Å². The number of halogens is 1. The van der Waals surface area contributed by atoms with E-state index in [9.17, 15) is 25.2 Å². The second kappa shape index (κ2) is 9.38. The van der Waals surface area contributed by atoms with Crippen LogP contribution in [0.2, 0.25) is 5.02 Å². The zero-order valence-corrected chi connectivity index (χ0v) is 19.8. The molecule has 7 nitrogen and oxygen atoms in total. The highest BCUT2D eigenvalue weighted by Crippen LogP contribution is 2.46. The van der Waals surface area contributed by atoms with Gasteiger partial charge in [-0.05, 0) is 41.0 Å². The Morgan fingerprint density at radius 3 is 2.48 bits per heavy atom. The summed E-state index contributed by atoms with van der Waals surface area (Å²) in [5.41, 5.74) is 3.22. The summed E-state index contributed by atoms with van der Waals surface area (Å²) >= 11 is 7.98. The molecule has 1 fully saturated rings. The third-order valence-electron chi connectivity index (χ3n) is 6.20. The van der Waals surface area contributed by atoms with Gasteiger partial charge >= 0.3 is 5.97 Å². The molecule has 1 saturated heterocycles. The molecule has 4 rings (SSSR count). The summed E-state index contributed by atoms with van der Waals surface area (Å²) in [6.07, 6.45) is -4.66. The number of aliphatic hydroxyl groups is 3. The second-order valence-electron chi connectivity index (χ2n) is 8.90. The molecule has 9 heteroatoms. The summed E-state index contributed by atoms with van der Waals surface area (Å²) < 4.78 is 5.64. The first-order chi connectivity index (χ1) is 15.6. The number of aliphatic carboxylic acids is 1. The largest absolute Gasteiger partial charge is 0.479 e. The summed E-state index contributed by atoms with van der Waals surface area (Å²) in [4.78, 5) is 13.7. The first-order valence-corrected chi connectivity index (χ1v) is 11.8. The standard InChI is InChI=1S/C24H26ClNO6S/c1-26(2,23-21(29)19(27)20(28)22(32-23)24(30)31)11-5-7-14-15-6-3-4-8-17(15)33-18-10-9-13(25)12-16(14)18/h3-4,6-10,12,19-23,27-29H,5,11H2,1-2H3/p+1/b14-7-. The lowest BCUT2D eigenvalue weighted by atomic mass is 9.95. The summed E-state index contributed by atoms with van der Waals surface area (Å²) in [5, 5.41) is 40.7. The number of quaternary nitrogens is 1. The number of likely N-dealkylation sites (N-methyl/N-ethyl adjacent to an activating group) is 1. The van der Waals surface area contributed by atoms with Crippen molar-refractivity contribution in [1.29, 1.82) is 0 Å². The van der Waals surface area contributed by atoms with E-state index in [0.717, 1.165) is 26.5 Å². The molecule has 0 spiro atoms.